The molecule has 0 saturated heterocycles. The average molecular weight is 222 g/mol. The molecule has 0 aromatic heterocycles. The summed E-state index contributed by atoms with van der Waals surface area (Å²) in [6.07, 6.45) is -0.532. The van der Waals surface area contributed by atoms with E-state index in [1.165, 1.54) is 0 Å². The molecule has 1 rings (SSSR count). The van der Waals surface area contributed by atoms with E-state index >= 15 is 0 Å². The van der Waals surface area contributed by atoms with Gasteiger partial charge in [-0.3, -0.25) is 4.79 Å². The topological polar surface area (TPSA) is 61.4 Å². The summed E-state index contributed by atoms with van der Waals surface area (Å²) in [4.78, 5) is 11.8. The highest BCUT2D eigenvalue weighted by molar-refractivity contribution is 5.99. The van der Waals surface area contributed by atoms with Crippen molar-refractivity contribution in [2.24, 2.45) is 0 Å². The first kappa shape index (κ1) is 12.5. The van der Waals surface area contributed by atoms with E-state index in [0.29, 0.717) is 5.56 Å². The van der Waals surface area contributed by atoms with Gasteiger partial charge in [0.25, 0.3) is 5.91 Å². The Morgan fingerprint density at radius 3 is 2.75 bits per heavy atom. The van der Waals surface area contributed by atoms with Crippen LogP contribution in [0.4, 0.5) is 5.69 Å². The summed E-state index contributed by atoms with van der Waals surface area (Å²) in [5, 5.41) is 14.9. The predicted molar refractivity (Wildman–Crippen MR) is 64.6 cm³/mol. The zero-order chi connectivity index (χ0) is 12.0. The number of benzene rings is 1. The van der Waals surface area contributed by atoms with Crippen LogP contribution in [0.15, 0.2) is 24.3 Å². The van der Waals surface area contributed by atoms with Crippen LogP contribution in [-0.2, 0) is 0 Å². The van der Waals surface area contributed by atoms with Crippen molar-refractivity contribution in [3.8, 4) is 0 Å². The number of anilines is 1. The van der Waals surface area contributed by atoms with E-state index in [0.717, 1.165) is 12.2 Å². The van der Waals surface area contributed by atoms with Crippen molar-refractivity contribution in [3.63, 3.8) is 0 Å². The van der Waals surface area contributed by atoms with Gasteiger partial charge in [0, 0.05) is 18.8 Å². The highest BCUT2D eigenvalue weighted by atomic mass is 16.3. The molecule has 0 aliphatic rings. The van der Waals surface area contributed by atoms with Gasteiger partial charge in [0.15, 0.2) is 0 Å². The molecule has 0 bridgehead atoms. The number of aliphatic hydroxyl groups excluding tert-OH is 1. The minimum atomic E-state index is -0.532. The Balaban J connectivity index is 2.73. The lowest BCUT2D eigenvalue weighted by Crippen LogP contribution is -2.31. The molecule has 0 saturated carbocycles. The third kappa shape index (κ3) is 3.55. The van der Waals surface area contributed by atoms with Crippen LogP contribution in [0.1, 0.15) is 24.2 Å². The third-order valence-electron chi connectivity index (χ3n) is 2.10. The summed E-state index contributed by atoms with van der Waals surface area (Å²) in [6, 6.07) is 7.32. The van der Waals surface area contributed by atoms with Crippen molar-refractivity contribution in [2.75, 3.05) is 18.4 Å². The molecule has 3 N–H and O–H groups in total. The van der Waals surface area contributed by atoms with Gasteiger partial charge in [-0.25, -0.2) is 0 Å². The number of carbonyl (C=O) groups is 1. The molecule has 0 unspecified atom stereocenters. The minimum absolute atomic E-state index is 0.169. The fourth-order valence-corrected chi connectivity index (χ4v) is 1.36. The Hall–Kier alpha value is -1.55. The summed E-state index contributed by atoms with van der Waals surface area (Å²) >= 11 is 0. The lowest BCUT2D eigenvalue weighted by atomic mass is 10.1. The maximum absolute atomic E-state index is 11.8. The van der Waals surface area contributed by atoms with Crippen LogP contribution in [-0.4, -0.2) is 30.2 Å². The first-order valence-electron chi connectivity index (χ1n) is 5.44. The first-order valence-corrected chi connectivity index (χ1v) is 5.44. The molecule has 0 spiro atoms. The molecule has 4 heteroatoms. The van der Waals surface area contributed by atoms with E-state index in [1.54, 1.807) is 13.0 Å². The molecule has 0 aliphatic carbocycles. The van der Waals surface area contributed by atoms with Gasteiger partial charge in [0.05, 0.1) is 11.7 Å². The number of aliphatic hydroxyl groups is 1. The number of hydrogen-bond acceptors (Lipinski definition) is 3. The third-order valence-corrected chi connectivity index (χ3v) is 2.10. The lowest BCUT2D eigenvalue weighted by molar-refractivity contribution is 0.0925. The first-order chi connectivity index (χ1) is 7.65. The fourth-order valence-electron chi connectivity index (χ4n) is 1.36. The SMILES string of the molecule is CCNc1ccccc1C(=O)NC[C@@H](C)O. The van der Waals surface area contributed by atoms with Gasteiger partial charge in [-0.2, -0.15) is 0 Å². The molecule has 1 amide bonds. The molecule has 16 heavy (non-hydrogen) atoms. The summed E-state index contributed by atoms with van der Waals surface area (Å²) in [5.74, 6) is -0.169. The zero-order valence-corrected chi connectivity index (χ0v) is 9.66. The van der Waals surface area contributed by atoms with Crippen molar-refractivity contribution >= 4 is 11.6 Å². The van der Waals surface area contributed by atoms with E-state index in [4.69, 9.17) is 5.11 Å². The van der Waals surface area contributed by atoms with Gasteiger partial charge in [-0.15, -0.1) is 0 Å². The van der Waals surface area contributed by atoms with Crippen molar-refractivity contribution in [1.82, 2.24) is 5.32 Å². The van der Waals surface area contributed by atoms with Crippen molar-refractivity contribution in [2.45, 2.75) is 20.0 Å². The van der Waals surface area contributed by atoms with Crippen LogP contribution in [0.2, 0.25) is 0 Å². The number of nitrogens with one attached hydrogen (secondary N) is 2. The number of rotatable bonds is 5. The van der Waals surface area contributed by atoms with Gasteiger partial charge >= 0.3 is 0 Å². The molecule has 0 radical (unpaired) electrons. The van der Waals surface area contributed by atoms with E-state index in [9.17, 15) is 4.79 Å². The monoisotopic (exact) mass is 222 g/mol. The van der Waals surface area contributed by atoms with Crippen LogP contribution in [0.25, 0.3) is 0 Å². The Kier molecular flexibility index (Phi) is 4.79. The second-order valence-electron chi connectivity index (χ2n) is 3.63. The highest BCUT2D eigenvalue weighted by Gasteiger charge is 2.10. The fraction of sp³-hybridized carbons (Fsp3) is 0.417. The van der Waals surface area contributed by atoms with Crippen molar-refractivity contribution in [3.05, 3.63) is 29.8 Å². The lowest BCUT2D eigenvalue weighted by Gasteiger charge is -2.11. The van der Waals surface area contributed by atoms with Crippen LogP contribution in [0.3, 0.4) is 0 Å². The van der Waals surface area contributed by atoms with Crippen molar-refractivity contribution in [1.29, 1.82) is 0 Å². The Morgan fingerprint density at radius 2 is 2.12 bits per heavy atom. The highest BCUT2D eigenvalue weighted by Crippen LogP contribution is 2.14. The number of hydrogen-bond donors (Lipinski definition) is 3. The second-order valence-corrected chi connectivity index (χ2v) is 3.63. The molecule has 4 nitrogen and oxygen atoms in total. The van der Waals surface area contributed by atoms with Gasteiger partial charge < -0.3 is 15.7 Å². The molecule has 0 aliphatic heterocycles. The van der Waals surface area contributed by atoms with E-state index in [2.05, 4.69) is 10.6 Å². The maximum atomic E-state index is 11.8. The normalized spacial score (nSPS) is 11.9. The molecular formula is C12H18N2O2. The van der Waals surface area contributed by atoms with Crippen LogP contribution in [0.5, 0.6) is 0 Å². The standard InChI is InChI=1S/C12H18N2O2/c1-3-13-11-7-5-4-6-10(11)12(16)14-8-9(2)15/h4-7,9,13,15H,3,8H2,1-2H3,(H,14,16)/t9-/m1/s1. The van der Waals surface area contributed by atoms with Gasteiger partial charge in [0.1, 0.15) is 0 Å². The molecule has 1 atom stereocenters. The molecule has 1 aromatic carbocycles. The van der Waals surface area contributed by atoms with Crippen LogP contribution in [0, 0.1) is 0 Å². The maximum Gasteiger partial charge on any atom is 0.253 e. The predicted octanol–water partition coefficient (Wildman–Crippen LogP) is 1.23. The van der Waals surface area contributed by atoms with E-state index < -0.39 is 6.10 Å². The quantitative estimate of drug-likeness (QED) is 0.702. The molecular weight excluding hydrogens is 204 g/mol. The largest absolute Gasteiger partial charge is 0.392 e. The Morgan fingerprint density at radius 1 is 1.44 bits per heavy atom. The van der Waals surface area contributed by atoms with Gasteiger partial charge in [0.2, 0.25) is 0 Å². The Labute approximate surface area is 95.7 Å². The van der Waals surface area contributed by atoms with Crippen LogP contribution < -0.4 is 10.6 Å². The van der Waals surface area contributed by atoms with E-state index in [-0.39, 0.29) is 12.5 Å². The summed E-state index contributed by atoms with van der Waals surface area (Å²) in [6.45, 7) is 4.64. The zero-order valence-electron chi connectivity index (χ0n) is 9.66. The smallest absolute Gasteiger partial charge is 0.253 e. The van der Waals surface area contributed by atoms with Crippen molar-refractivity contribution < 1.29 is 9.90 Å². The van der Waals surface area contributed by atoms with E-state index in [1.807, 2.05) is 25.1 Å². The van der Waals surface area contributed by atoms with Gasteiger partial charge in [-0.1, -0.05) is 12.1 Å². The number of carbonyl (C=O) groups excluding carboxylic acids is 1. The molecule has 1 aromatic rings. The molecule has 88 valence electrons. The average Bonchev–Trinajstić information content (AvgIpc) is 2.27. The number of para-hydroxylation sites is 1. The molecule has 0 fully saturated rings. The second kappa shape index (κ2) is 6.12. The van der Waals surface area contributed by atoms with Crippen LogP contribution >= 0.6 is 0 Å². The summed E-state index contributed by atoms with van der Waals surface area (Å²) < 4.78 is 0. The molecule has 0 heterocycles. The summed E-state index contributed by atoms with van der Waals surface area (Å²) in [5.41, 5.74) is 1.41. The summed E-state index contributed by atoms with van der Waals surface area (Å²) in [7, 11) is 0. The number of amides is 1. The minimum Gasteiger partial charge on any atom is -0.392 e. The Bertz CT molecular complexity index is 351. The van der Waals surface area contributed by atoms with Gasteiger partial charge in [-0.05, 0) is 26.0 Å².